The summed E-state index contributed by atoms with van der Waals surface area (Å²) in [5.74, 6) is 4.70. The van der Waals surface area contributed by atoms with Gasteiger partial charge in [0.05, 0.1) is 11.1 Å². The third-order valence-electron chi connectivity index (χ3n) is 3.10. The SMILES string of the molecule is CCNc1nc(CSCC(C)C)nc2sc(C)c(C)c12. The minimum atomic E-state index is 0.711. The fourth-order valence-corrected chi connectivity index (χ4v) is 3.99. The Kier molecular flexibility index (Phi) is 5.27. The van der Waals surface area contributed by atoms with Crippen molar-refractivity contribution in [1.29, 1.82) is 0 Å². The van der Waals surface area contributed by atoms with Crippen LogP contribution in [0.15, 0.2) is 0 Å². The smallest absolute Gasteiger partial charge is 0.142 e. The number of hydrogen-bond donors (Lipinski definition) is 1. The van der Waals surface area contributed by atoms with Gasteiger partial charge in [-0.15, -0.1) is 11.3 Å². The Bertz CT molecular complexity index is 590. The molecule has 3 nitrogen and oxygen atoms in total. The molecule has 0 spiro atoms. The summed E-state index contributed by atoms with van der Waals surface area (Å²) in [5.41, 5.74) is 1.31. The summed E-state index contributed by atoms with van der Waals surface area (Å²) < 4.78 is 0. The molecule has 2 rings (SSSR count). The van der Waals surface area contributed by atoms with Gasteiger partial charge in [0.15, 0.2) is 0 Å². The van der Waals surface area contributed by atoms with E-state index in [-0.39, 0.29) is 0 Å². The Morgan fingerprint density at radius 1 is 1.25 bits per heavy atom. The van der Waals surface area contributed by atoms with Crippen molar-refractivity contribution >= 4 is 39.1 Å². The molecule has 20 heavy (non-hydrogen) atoms. The van der Waals surface area contributed by atoms with Crippen LogP contribution in [0.4, 0.5) is 5.82 Å². The lowest BCUT2D eigenvalue weighted by molar-refractivity contribution is 0.750. The van der Waals surface area contributed by atoms with Crippen molar-refractivity contribution in [2.45, 2.75) is 40.4 Å². The van der Waals surface area contributed by atoms with Gasteiger partial charge in [-0.25, -0.2) is 9.97 Å². The summed E-state index contributed by atoms with van der Waals surface area (Å²) in [6.45, 7) is 11.8. The van der Waals surface area contributed by atoms with E-state index in [1.165, 1.54) is 15.8 Å². The second kappa shape index (κ2) is 6.76. The lowest BCUT2D eigenvalue weighted by atomic mass is 10.2. The minimum absolute atomic E-state index is 0.711. The van der Waals surface area contributed by atoms with Crippen molar-refractivity contribution in [1.82, 2.24) is 9.97 Å². The zero-order valence-corrected chi connectivity index (χ0v) is 14.5. The summed E-state index contributed by atoms with van der Waals surface area (Å²) in [4.78, 5) is 11.9. The Balaban J connectivity index is 2.33. The molecule has 0 saturated carbocycles. The van der Waals surface area contributed by atoms with Crippen molar-refractivity contribution in [2.24, 2.45) is 5.92 Å². The van der Waals surface area contributed by atoms with Crippen molar-refractivity contribution < 1.29 is 0 Å². The van der Waals surface area contributed by atoms with Gasteiger partial charge in [-0.3, -0.25) is 0 Å². The molecule has 110 valence electrons. The van der Waals surface area contributed by atoms with Crippen LogP contribution in [0.2, 0.25) is 0 Å². The molecule has 5 heteroatoms. The summed E-state index contributed by atoms with van der Waals surface area (Å²) >= 11 is 3.68. The maximum atomic E-state index is 4.74. The van der Waals surface area contributed by atoms with Crippen LogP contribution in [0.25, 0.3) is 10.2 Å². The van der Waals surface area contributed by atoms with E-state index < -0.39 is 0 Å². The first-order valence-electron chi connectivity index (χ1n) is 7.11. The Hall–Kier alpha value is -0.810. The standard InChI is InChI=1S/C15H23N3S2/c1-6-16-14-13-10(4)11(5)20-15(13)18-12(17-14)8-19-7-9(2)3/h9H,6-8H2,1-5H3,(H,16,17,18). The van der Waals surface area contributed by atoms with E-state index >= 15 is 0 Å². The molecule has 0 radical (unpaired) electrons. The molecule has 0 aliphatic heterocycles. The molecule has 0 fully saturated rings. The van der Waals surface area contributed by atoms with Crippen LogP contribution in [0.5, 0.6) is 0 Å². The van der Waals surface area contributed by atoms with E-state index in [9.17, 15) is 0 Å². The molecule has 0 aliphatic carbocycles. The summed E-state index contributed by atoms with van der Waals surface area (Å²) in [6.07, 6.45) is 0. The first-order chi connectivity index (χ1) is 9.52. The molecule has 0 bridgehead atoms. The number of aromatic nitrogens is 2. The van der Waals surface area contributed by atoms with Crippen molar-refractivity contribution in [3.63, 3.8) is 0 Å². The zero-order chi connectivity index (χ0) is 14.7. The Labute approximate surface area is 129 Å². The fourth-order valence-electron chi connectivity index (χ4n) is 2.04. The second-order valence-corrected chi connectivity index (χ2v) is 7.62. The zero-order valence-electron chi connectivity index (χ0n) is 12.9. The average molecular weight is 310 g/mol. The van der Waals surface area contributed by atoms with Gasteiger partial charge < -0.3 is 5.32 Å². The number of rotatable bonds is 6. The van der Waals surface area contributed by atoms with Gasteiger partial charge in [0.25, 0.3) is 0 Å². The first kappa shape index (κ1) is 15.6. The number of thioether (sulfide) groups is 1. The first-order valence-corrected chi connectivity index (χ1v) is 9.08. The van der Waals surface area contributed by atoms with Gasteiger partial charge in [-0.1, -0.05) is 13.8 Å². The largest absolute Gasteiger partial charge is 0.370 e. The van der Waals surface area contributed by atoms with Crippen LogP contribution in [0.3, 0.4) is 0 Å². The number of thiophene rings is 1. The third kappa shape index (κ3) is 3.44. The monoisotopic (exact) mass is 309 g/mol. The number of nitrogens with one attached hydrogen (secondary N) is 1. The Morgan fingerprint density at radius 2 is 2.00 bits per heavy atom. The Morgan fingerprint density at radius 3 is 2.65 bits per heavy atom. The minimum Gasteiger partial charge on any atom is -0.370 e. The van der Waals surface area contributed by atoms with E-state index in [1.807, 2.05) is 11.8 Å². The lowest BCUT2D eigenvalue weighted by Crippen LogP contribution is -2.04. The van der Waals surface area contributed by atoms with E-state index in [4.69, 9.17) is 9.97 Å². The quantitative estimate of drug-likeness (QED) is 0.844. The molecule has 0 aliphatic rings. The summed E-state index contributed by atoms with van der Waals surface area (Å²) in [6, 6.07) is 0. The van der Waals surface area contributed by atoms with Gasteiger partial charge >= 0.3 is 0 Å². The van der Waals surface area contributed by atoms with E-state index in [1.54, 1.807) is 11.3 Å². The number of fused-ring (bicyclic) bond motifs is 1. The highest BCUT2D eigenvalue weighted by molar-refractivity contribution is 7.98. The molecule has 2 aromatic rings. The molecule has 2 heterocycles. The fraction of sp³-hybridized carbons (Fsp3) is 0.600. The number of hydrogen-bond acceptors (Lipinski definition) is 5. The molecule has 0 aromatic carbocycles. The lowest BCUT2D eigenvalue weighted by Gasteiger charge is -2.08. The topological polar surface area (TPSA) is 37.8 Å². The average Bonchev–Trinajstić information content (AvgIpc) is 2.65. The molecule has 0 unspecified atom stereocenters. The van der Waals surface area contributed by atoms with Gasteiger partial charge in [-0.05, 0) is 38.0 Å². The highest BCUT2D eigenvalue weighted by atomic mass is 32.2. The van der Waals surface area contributed by atoms with Crippen molar-refractivity contribution in [2.75, 3.05) is 17.6 Å². The molecule has 1 N–H and O–H groups in total. The predicted octanol–water partition coefficient (Wildman–Crippen LogP) is 4.63. The van der Waals surface area contributed by atoms with Crippen LogP contribution in [0, 0.1) is 19.8 Å². The van der Waals surface area contributed by atoms with Gasteiger partial charge in [0.1, 0.15) is 16.5 Å². The molecule has 0 amide bonds. The van der Waals surface area contributed by atoms with Gasteiger partial charge in [0, 0.05) is 11.4 Å². The van der Waals surface area contributed by atoms with E-state index in [0.29, 0.717) is 5.92 Å². The second-order valence-electron chi connectivity index (χ2n) is 5.39. The van der Waals surface area contributed by atoms with E-state index in [0.717, 1.165) is 34.5 Å². The van der Waals surface area contributed by atoms with Crippen LogP contribution < -0.4 is 5.32 Å². The van der Waals surface area contributed by atoms with Crippen LogP contribution in [0.1, 0.15) is 37.0 Å². The molecule has 0 atom stereocenters. The predicted molar refractivity (Wildman–Crippen MR) is 92.1 cm³/mol. The maximum Gasteiger partial charge on any atom is 0.142 e. The highest BCUT2D eigenvalue weighted by Gasteiger charge is 2.14. The molecular formula is C15H23N3S2. The van der Waals surface area contributed by atoms with Crippen LogP contribution >= 0.6 is 23.1 Å². The van der Waals surface area contributed by atoms with Gasteiger partial charge in [0.2, 0.25) is 0 Å². The molecule has 0 saturated heterocycles. The highest BCUT2D eigenvalue weighted by Crippen LogP contribution is 2.33. The van der Waals surface area contributed by atoms with Crippen LogP contribution in [-0.4, -0.2) is 22.3 Å². The van der Waals surface area contributed by atoms with Crippen molar-refractivity contribution in [3.8, 4) is 0 Å². The third-order valence-corrected chi connectivity index (χ3v) is 5.57. The van der Waals surface area contributed by atoms with Crippen LogP contribution in [-0.2, 0) is 5.75 Å². The summed E-state index contributed by atoms with van der Waals surface area (Å²) in [5, 5.41) is 4.59. The maximum absolute atomic E-state index is 4.74. The number of anilines is 1. The number of nitrogens with zero attached hydrogens (tertiary/aromatic N) is 2. The summed E-state index contributed by atoms with van der Waals surface area (Å²) in [7, 11) is 0. The molecular weight excluding hydrogens is 286 g/mol. The molecule has 2 aromatic heterocycles. The normalized spacial score (nSPS) is 11.5. The van der Waals surface area contributed by atoms with E-state index in [2.05, 4.69) is 39.9 Å². The van der Waals surface area contributed by atoms with Crippen molar-refractivity contribution in [3.05, 3.63) is 16.3 Å². The number of aryl methyl sites for hydroxylation is 2. The van der Waals surface area contributed by atoms with Gasteiger partial charge in [-0.2, -0.15) is 11.8 Å².